The smallest absolute Gasteiger partial charge is 0.337 e. The lowest BCUT2D eigenvalue weighted by molar-refractivity contribution is 0.0601. The van der Waals surface area contributed by atoms with Crippen LogP contribution in [-0.2, 0) is 4.74 Å². The van der Waals surface area contributed by atoms with Crippen molar-refractivity contribution in [3.63, 3.8) is 0 Å². The van der Waals surface area contributed by atoms with Gasteiger partial charge in [0, 0.05) is 5.69 Å². The second-order valence-corrected chi connectivity index (χ2v) is 6.82. The van der Waals surface area contributed by atoms with Gasteiger partial charge in [-0.05, 0) is 30.3 Å². The zero-order valence-electron chi connectivity index (χ0n) is 13.9. The van der Waals surface area contributed by atoms with Crippen LogP contribution in [0.3, 0.4) is 0 Å². The summed E-state index contributed by atoms with van der Waals surface area (Å²) in [6.45, 7) is 0.161. The molecule has 0 bridgehead atoms. The van der Waals surface area contributed by atoms with E-state index in [1.54, 1.807) is 29.2 Å². The maximum atomic E-state index is 11.7. The van der Waals surface area contributed by atoms with E-state index in [1.807, 2.05) is 24.3 Å². The Labute approximate surface area is 153 Å². The number of anilines is 1. The molecule has 6 nitrogen and oxygen atoms in total. The predicted molar refractivity (Wildman–Crippen MR) is 102 cm³/mol. The third kappa shape index (κ3) is 2.62. The molecular weight excluding hydrogens is 350 g/mol. The normalized spacial score (nSPS) is 14.3. The van der Waals surface area contributed by atoms with Gasteiger partial charge in [-0.25, -0.2) is 9.78 Å². The van der Waals surface area contributed by atoms with Gasteiger partial charge >= 0.3 is 5.97 Å². The van der Waals surface area contributed by atoms with Crippen molar-refractivity contribution in [3.05, 3.63) is 64.9 Å². The molecule has 0 saturated carbocycles. The van der Waals surface area contributed by atoms with Crippen LogP contribution in [0.4, 0.5) is 5.69 Å². The molecule has 26 heavy (non-hydrogen) atoms. The van der Waals surface area contributed by atoms with E-state index in [-0.39, 0.29) is 18.1 Å². The fraction of sp³-hybridized carbons (Fsp3) is 0.105. The number of hydrogen-bond donors (Lipinski definition) is 2. The molecule has 0 spiro atoms. The fourth-order valence-electron chi connectivity index (χ4n) is 2.92. The van der Waals surface area contributed by atoms with Gasteiger partial charge in [0.25, 0.3) is 0 Å². The van der Waals surface area contributed by atoms with Crippen LogP contribution < -0.4 is 4.90 Å². The summed E-state index contributed by atoms with van der Waals surface area (Å²) in [5, 5.41) is 19.6. The van der Waals surface area contributed by atoms with Crippen LogP contribution in [0.25, 0.3) is 15.8 Å². The number of aliphatic hydroxyl groups excluding tert-OH is 1. The van der Waals surface area contributed by atoms with Crippen LogP contribution in [-0.4, -0.2) is 35.5 Å². The van der Waals surface area contributed by atoms with E-state index in [2.05, 4.69) is 4.98 Å². The Hall–Kier alpha value is -3.19. The lowest BCUT2D eigenvalue weighted by Crippen LogP contribution is -2.26. The van der Waals surface area contributed by atoms with Crippen LogP contribution in [0.5, 0.6) is 0 Å². The van der Waals surface area contributed by atoms with Crippen molar-refractivity contribution >= 4 is 44.6 Å². The monoisotopic (exact) mass is 365 g/mol. The van der Waals surface area contributed by atoms with Crippen LogP contribution in [0.15, 0.2) is 54.3 Å². The molecule has 0 saturated heterocycles. The van der Waals surface area contributed by atoms with Gasteiger partial charge in [0.15, 0.2) is 0 Å². The van der Waals surface area contributed by atoms with E-state index >= 15 is 0 Å². The highest BCUT2D eigenvalue weighted by Crippen LogP contribution is 2.35. The number of esters is 1. The molecule has 0 fully saturated rings. The zero-order valence-corrected chi connectivity index (χ0v) is 14.7. The van der Waals surface area contributed by atoms with Crippen LogP contribution in [0.1, 0.15) is 15.4 Å². The number of nitrogens with zero attached hydrogens (tertiary/aromatic N) is 2. The van der Waals surface area contributed by atoms with Gasteiger partial charge in [0.2, 0.25) is 0 Å². The van der Waals surface area contributed by atoms with Gasteiger partial charge < -0.3 is 14.7 Å². The molecule has 1 aliphatic rings. The highest BCUT2D eigenvalue weighted by atomic mass is 32.1. The molecule has 7 heteroatoms. The number of thiazole rings is 1. The molecule has 0 amide bonds. The highest BCUT2D eigenvalue weighted by molar-refractivity contribution is 7.19. The van der Waals surface area contributed by atoms with E-state index in [0.29, 0.717) is 21.8 Å². The SMILES string of the molecule is COC(=O)c1cccc(N2CC(O)=C(c3nc4ccccc4s3)C2=N)c1. The van der Waals surface area contributed by atoms with Crippen molar-refractivity contribution in [1.29, 1.82) is 5.41 Å². The molecule has 2 aromatic carbocycles. The number of fused-ring (bicyclic) bond motifs is 1. The van der Waals surface area contributed by atoms with Gasteiger partial charge in [0.05, 0.1) is 35.0 Å². The molecule has 4 rings (SSSR count). The number of carbonyl (C=O) groups is 1. The summed E-state index contributed by atoms with van der Waals surface area (Å²) in [5.74, 6) is -0.192. The lowest BCUT2D eigenvalue weighted by Gasteiger charge is -2.19. The lowest BCUT2D eigenvalue weighted by atomic mass is 10.2. The first-order chi connectivity index (χ1) is 12.6. The first-order valence-corrected chi connectivity index (χ1v) is 8.73. The first-order valence-electron chi connectivity index (χ1n) is 7.91. The number of ether oxygens (including phenoxy) is 1. The number of benzene rings is 2. The summed E-state index contributed by atoms with van der Waals surface area (Å²) in [4.78, 5) is 17.9. The second-order valence-electron chi connectivity index (χ2n) is 5.79. The molecule has 0 atom stereocenters. The molecule has 2 heterocycles. The third-order valence-corrected chi connectivity index (χ3v) is 5.24. The van der Waals surface area contributed by atoms with E-state index in [4.69, 9.17) is 10.1 Å². The highest BCUT2D eigenvalue weighted by Gasteiger charge is 2.31. The Balaban J connectivity index is 1.69. The van der Waals surface area contributed by atoms with Crippen molar-refractivity contribution in [2.45, 2.75) is 0 Å². The zero-order chi connectivity index (χ0) is 18.3. The minimum absolute atomic E-state index is 0.0949. The van der Waals surface area contributed by atoms with Gasteiger partial charge in [-0.15, -0.1) is 11.3 Å². The summed E-state index contributed by atoms with van der Waals surface area (Å²) >= 11 is 1.44. The number of rotatable bonds is 3. The number of methoxy groups -OCH3 is 1. The fourth-order valence-corrected chi connectivity index (χ4v) is 3.96. The van der Waals surface area contributed by atoms with Crippen molar-refractivity contribution in [2.75, 3.05) is 18.6 Å². The molecule has 130 valence electrons. The maximum Gasteiger partial charge on any atom is 0.337 e. The largest absolute Gasteiger partial charge is 0.510 e. The summed E-state index contributed by atoms with van der Waals surface area (Å²) < 4.78 is 5.75. The average Bonchev–Trinajstić information content (AvgIpc) is 3.21. The van der Waals surface area contributed by atoms with Crippen molar-refractivity contribution in [3.8, 4) is 0 Å². The molecule has 2 N–H and O–H groups in total. The minimum atomic E-state index is -0.443. The molecule has 3 aromatic rings. The summed E-state index contributed by atoms with van der Waals surface area (Å²) in [5.41, 5.74) is 2.30. The number of hydrogen-bond acceptors (Lipinski definition) is 6. The number of aromatic nitrogens is 1. The Kier molecular flexibility index (Phi) is 3.93. The quantitative estimate of drug-likeness (QED) is 0.689. The second kappa shape index (κ2) is 6.27. The number of carbonyl (C=O) groups excluding carboxylic acids is 1. The Bertz CT molecular complexity index is 1040. The first kappa shape index (κ1) is 16.3. The number of aliphatic hydroxyl groups is 1. The van der Waals surface area contributed by atoms with Crippen LogP contribution >= 0.6 is 11.3 Å². The van der Waals surface area contributed by atoms with Crippen molar-refractivity contribution in [1.82, 2.24) is 4.98 Å². The van der Waals surface area contributed by atoms with Crippen molar-refractivity contribution in [2.24, 2.45) is 0 Å². The van der Waals surface area contributed by atoms with Crippen LogP contribution in [0.2, 0.25) is 0 Å². The minimum Gasteiger partial charge on any atom is -0.510 e. The molecule has 0 radical (unpaired) electrons. The Morgan fingerprint density at radius 2 is 2.08 bits per heavy atom. The van der Waals surface area contributed by atoms with E-state index < -0.39 is 5.97 Å². The number of para-hydroxylation sites is 1. The van der Waals surface area contributed by atoms with E-state index in [9.17, 15) is 9.90 Å². The Morgan fingerprint density at radius 1 is 1.27 bits per heavy atom. The summed E-state index contributed by atoms with van der Waals surface area (Å²) in [7, 11) is 1.32. The van der Waals surface area contributed by atoms with E-state index in [0.717, 1.165) is 10.2 Å². The average molecular weight is 365 g/mol. The molecule has 0 aliphatic carbocycles. The maximum absolute atomic E-state index is 11.7. The number of amidine groups is 1. The Morgan fingerprint density at radius 3 is 2.85 bits per heavy atom. The molecule has 1 aromatic heterocycles. The van der Waals surface area contributed by atoms with Gasteiger partial charge in [0.1, 0.15) is 16.6 Å². The van der Waals surface area contributed by atoms with E-state index in [1.165, 1.54) is 18.4 Å². The summed E-state index contributed by atoms with van der Waals surface area (Å²) in [6, 6.07) is 14.5. The molecular formula is C19H15N3O3S. The van der Waals surface area contributed by atoms with Crippen molar-refractivity contribution < 1.29 is 14.6 Å². The van der Waals surface area contributed by atoms with Gasteiger partial charge in [-0.2, -0.15) is 0 Å². The standard InChI is InChI=1S/C19H15N3O3S/c1-25-19(24)11-5-4-6-12(9-11)22-10-14(23)16(17(22)20)18-21-13-7-2-3-8-15(13)26-18/h2-9,20,23H,10H2,1H3. The van der Waals surface area contributed by atoms with Gasteiger partial charge in [-0.1, -0.05) is 18.2 Å². The molecule has 0 unspecified atom stereocenters. The summed E-state index contributed by atoms with van der Waals surface area (Å²) in [6.07, 6.45) is 0. The topological polar surface area (TPSA) is 86.5 Å². The van der Waals surface area contributed by atoms with Gasteiger partial charge in [-0.3, -0.25) is 5.41 Å². The molecule has 1 aliphatic heterocycles. The number of nitrogens with one attached hydrogen (secondary N) is 1. The predicted octanol–water partition coefficient (Wildman–Crippen LogP) is 3.85. The van der Waals surface area contributed by atoms with Crippen LogP contribution in [0, 0.1) is 5.41 Å². The third-order valence-electron chi connectivity index (χ3n) is 4.19.